The number of allylic oxidation sites excluding steroid dienone is 1. The lowest BCUT2D eigenvalue weighted by Crippen LogP contribution is -2.44. The predicted molar refractivity (Wildman–Crippen MR) is 120 cm³/mol. The Labute approximate surface area is 173 Å². The number of rotatable bonds is 5. The molecule has 1 saturated heterocycles. The molecule has 0 unspecified atom stereocenters. The van der Waals surface area contributed by atoms with Gasteiger partial charge in [0.05, 0.1) is 17.4 Å². The molecule has 1 aromatic carbocycles. The van der Waals surface area contributed by atoms with Crippen molar-refractivity contribution in [1.82, 2.24) is 15.2 Å². The molecule has 29 heavy (non-hydrogen) atoms. The third kappa shape index (κ3) is 5.35. The number of hydrogen-bond acceptors (Lipinski definition) is 4. The van der Waals surface area contributed by atoms with E-state index in [9.17, 15) is 4.79 Å². The highest BCUT2D eigenvalue weighted by Gasteiger charge is 2.23. The first-order chi connectivity index (χ1) is 13.7. The SMILES string of the molecule is C=C(C)c1cccc(C(C)(C)NC(=O)Nc2ccc(N3CCN(C)CC3)nc2)c1. The number of pyridine rings is 1. The van der Waals surface area contributed by atoms with E-state index in [1.807, 2.05) is 51.1 Å². The number of likely N-dealkylation sites (N-methyl/N-ethyl adjacent to an activating group) is 1. The van der Waals surface area contributed by atoms with Gasteiger partial charge in [-0.1, -0.05) is 30.4 Å². The van der Waals surface area contributed by atoms with Crippen LogP contribution in [0.1, 0.15) is 31.9 Å². The van der Waals surface area contributed by atoms with E-state index in [1.54, 1.807) is 6.20 Å². The Morgan fingerprint density at radius 3 is 2.48 bits per heavy atom. The van der Waals surface area contributed by atoms with Crippen molar-refractivity contribution in [3.63, 3.8) is 0 Å². The van der Waals surface area contributed by atoms with Crippen molar-refractivity contribution in [3.8, 4) is 0 Å². The van der Waals surface area contributed by atoms with Crippen molar-refractivity contribution < 1.29 is 4.79 Å². The average molecular weight is 394 g/mol. The summed E-state index contributed by atoms with van der Waals surface area (Å²) in [5.41, 5.74) is 3.24. The highest BCUT2D eigenvalue weighted by Crippen LogP contribution is 2.24. The highest BCUT2D eigenvalue weighted by molar-refractivity contribution is 5.89. The van der Waals surface area contributed by atoms with Crippen molar-refractivity contribution >= 4 is 23.1 Å². The van der Waals surface area contributed by atoms with Gasteiger partial charge in [0, 0.05) is 26.2 Å². The molecule has 154 valence electrons. The molecule has 1 aromatic heterocycles. The van der Waals surface area contributed by atoms with Crippen molar-refractivity contribution in [2.75, 3.05) is 43.4 Å². The summed E-state index contributed by atoms with van der Waals surface area (Å²) in [7, 11) is 2.13. The molecule has 0 aliphatic carbocycles. The third-order valence-electron chi connectivity index (χ3n) is 5.34. The molecule has 6 nitrogen and oxygen atoms in total. The Hall–Kier alpha value is -2.86. The normalized spacial score (nSPS) is 15.1. The second kappa shape index (κ2) is 8.66. The smallest absolute Gasteiger partial charge is 0.319 e. The number of benzene rings is 1. The zero-order valence-corrected chi connectivity index (χ0v) is 17.8. The molecule has 0 saturated carbocycles. The van der Waals surface area contributed by atoms with E-state index < -0.39 is 5.54 Å². The van der Waals surface area contributed by atoms with Crippen LogP contribution in [-0.2, 0) is 5.54 Å². The Bertz CT molecular complexity index is 867. The number of nitrogens with one attached hydrogen (secondary N) is 2. The Morgan fingerprint density at radius 1 is 1.14 bits per heavy atom. The van der Waals surface area contributed by atoms with Crippen LogP contribution in [0.4, 0.5) is 16.3 Å². The van der Waals surface area contributed by atoms with Crippen LogP contribution in [0.2, 0.25) is 0 Å². The number of aromatic nitrogens is 1. The molecule has 2 heterocycles. The number of carbonyl (C=O) groups excluding carboxylic acids is 1. The number of carbonyl (C=O) groups is 1. The molecule has 1 fully saturated rings. The Balaban J connectivity index is 1.61. The standard InChI is InChI=1S/C23H31N5O/c1-17(2)18-7-6-8-19(15-18)23(3,4)26-22(29)25-20-9-10-21(24-16-20)28-13-11-27(5)12-14-28/h6-10,15-16H,1,11-14H2,2-5H3,(H2,25,26,29). The van der Waals surface area contributed by atoms with E-state index in [0.717, 1.165) is 48.7 Å². The fourth-order valence-electron chi connectivity index (χ4n) is 3.37. The number of urea groups is 1. The maximum absolute atomic E-state index is 12.6. The lowest BCUT2D eigenvalue weighted by Gasteiger charge is -2.33. The van der Waals surface area contributed by atoms with Gasteiger partial charge in [0.2, 0.25) is 0 Å². The fraction of sp³-hybridized carbons (Fsp3) is 0.391. The second-order valence-electron chi connectivity index (χ2n) is 8.26. The minimum absolute atomic E-state index is 0.259. The van der Waals surface area contributed by atoms with Crippen LogP contribution in [-0.4, -0.2) is 49.1 Å². The summed E-state index contributed by atoms with van der Waals surface area (Å²) in [5, 5.41) is 5.93. The number of anilines is 2. The van der Waals surface area contributed by atoms with Gasteiger partial charge in [0.15, 0.2) is 0 Å². The molecule has 1 aliphatic rings. The van der Waals surface area contributed by atoms with Crippen molar-refractivity contribution in [2.45, 2.75) is 26.3 Å². The monoisotopic (exact) mass is 393 g/mol. The summed E-state index contributed by atoms with van der Waals surface area (Å²) in [6.07, 6.45) is 1.71. The molecule has 1 aliphatic heterocycles. The van der Waals surface area contributed by atoms with E-state index in [2.05, 4.69) is 45.1 Å². The molecule has 3 rings (SSSR count). The Morgan fingerprint density at radius 2 is 1.86 bits per heavy atom. The van der Waals surface area contributed by atoms with Crippen LogP contribution in [0.5, 0.6) is 0 Å². The summed E-state index contributed by atoms with van der Waals surface area (Å²) in [4.78, 5) is 21.7. The first-order valence-corrected chi connectivity index (χ1v) is 10.00. The Kier molecular flexibility index (Phi) is 6.23. The zero-order valence-electron chi connectivity index (χ0n) is 17.8. The maximum atomic E-state index is 12.6. The first kappa shape index (κ1) is 20.9. The minimum atomic E-state index is -0.525. The summed E-state index contributed by atoms with van der Waals surface area (Å²) in [6.45, 7) is 13.9. The molecule has 0 bridgehead atoms. The summed E-state index contributed by atoms with van der Waals surface area (Å²) < 4.78 is 0. The lowest BCUT2D eigenvalue weighted by atomic mass is 9.92. The maximum Gasteiger partial charge on any atom is 0.319 e. The number of piperazine rings is 1. The van der Waals surface area contributed by atoms with Gasteiger partial charge in [-0.05, 0) is 57.1 Å². The van der Waals surface area contributed by atoms with Crippen molar-refractivity contribution in [1.29, 1.82) is 0 Å². The van der Waals surface area contributed by atoms with Crippen LogP contribution in [0.25, 0.3) is 5.57 Å². The molecule has 2 N–H and O–H groups in total. The van der Waals surface area contributed by atoms with E-state index in [1.165, 1.54) is 0 Å². The fourth-order valence-corrected chi connectivity index (χ4v) is 3.37. The summed E-state index contributed by atoms with van der Waals surface area (Å²) >= 11 is 0. The zero-order chi connectivity index (χ0) is 21.0. The minimum Gasteiger partial charge on any atom is -0.354 e. The van der Waals surface area contributed by atoms with Gasteiger partial charge in [-0.2, -0.15) is 0 Å². The van der Waals surface area contributed by atoms with Gasteiger partial charge in [0.25, 0.3) is 0 Å². The molecule has 0 radical (unpaired) electrons. The van der Waals surface area contributed by atoms with Crippen LogP contribution >= 0.6 is 0 Å². The number of hydrogen-bond donors (Lipinski definition) is 2. The van der Waals surface area contributed by atoms with Crippen LogP contribution in [0, 0.1) is 0 Å². The van der Waals surface area contributed by atoms with Crippen LogP contribution < -0.4 is 15.5 Å². The van der Waals surface area contributed by atoms with Crippen molar-refractivity contribution in [3.05, 3.63) is 60.3 Å². The lowest BCUT2D eigenvalue weighted by molar-refractivity contribution is 0.242. The van der Waals surface area contributed by atoms with Gasteiger partial charge < -0.3 is 20.4 Å². The van der Waals surface area contributed by atoms with Gasteiger partial charge in [-0.3, -0.25) is 0 Å². The highest BCUT2D eigenvalue weighted by atomic mass is 16.2. The van der Waals surface area contributed by atoms with Gasteiger partial charge >= 0.3 is 6.03 Å². The molecule has 0 spiro atoms. The van der Waals surface area contributed by atoms with Crippen molar-refractivity contribution in [2.24, 2.45) is 0 Å². The van der Waals surface area contributed by atoms with Gasteiger partial charge in [0.1, 0.15) is 5.82 Å². The topological polar surface area (TPSA) is 60.5 Å². The molecule has 2 aromatic rings. The van der Waals surface area contributed by atoms with Crippen LogP contribution in [0.3, 0.4) is 0 Å². The van der Waals surface area contributed by atoms with E-state index >= 15 is 0 Å². The van der Waals surface area contributed by atoms with Crippen LogP contribution in [0.15, 0.2) is 49.2 Å². The molecule has 2 amide bonds. The number of amides is 2. The molecular formula is C23H31N5O. The summed E-state index contributed by atoms with van der Waals surface area (Å²) in [5.74, 6) is 0.945. The quantitative estimate of drug-likeness (QED) is 0.808. The number of nitrogens with zero attached hydrogens (tertiary/aromatic N) is 3. The average Bonchev–Trinajstić information content (AvgIpc) is 2.69. The third-order valence-corrected chi connectivity index (χ3v) is 5.34. The molecule has 6 heteroatoms. The first-order valence-electron chi connectivity index (χ1n) is 10.00. The largest absolute Gasteiger partial charge is 0.354 e. The van der Waals surface area contributed by atoms with Gasteiger partial charge in [-0.25, -0.2) is 9.78 Å². The molecular weight excluding hydrogens is 362 g/mol. The van der Waals surface area contributed by atoms with E-state index in [0.29, 0.717) is 5.69 Å². The van der Waals surface area contributed by atoms with E-state index in [4.69, 9.17) is 0 Å². The summed E-state index contributed by atoms with van der Waals surface area (Å²) in [6, 6.07) is 11.7. The van der Waals surface area contributed by atoms with Gasteiger partial charge in [-0.15, -0.1) is 0 Å². The predicted octanol–water partition coefficient (Wildman–Crippen LogP) is 3.92. The van der Waals surface area contributed by atoms with E-state index in [-0.39, 0.29) is 6.03 Å². The second-order valence-corrected chi connectivity index (χ2v) is 8.26. The molecule has 0 atom stereocenters.